The molecule has 37 heavy (non-hydrogen) atoms. The van der Waals surface area contributed by atoms with Crippen molar-refractivity contribution in [3.05, 3.63) is 82.2 Å². The average Bonchev–Trinajstić information content (AvgIpc) is 3.45. The molecule has 0 fully saturated rings. The van der Waals surface area contributed by atoms with Crippen LogP contribution in [0.5, 0.6) is 5.88 Å². The Morgan fingerprint density at radius 1 is 1.24 bits per heavy atom. The summed E-state index contributed by atoms with van der Waals surface area (Å²) in [4.78, 5) is 33.7. The van der Waals surface area contributed by atoms with Crippen molar-refractivity contribution in [3.63, 3.8) is 0 Å². The molecule has 0 unspecified atom stereocenters. The van der Waals surface area contributed by atoms with Gasteiger partial charge in [0.1, 0.15) is 29.5 Å². The van der Waals surface area contributed by atoms with E-state index in [0.717, 1.165) is 12.3 Å². The van der Waals surface area contributed by atoms with E-state index >= 15 is 4.39 Å². The van der Waals surface area contributed by atoms with Gasteiger partial charge in [-0.15, -0.1) is 0 Å². The Hall–Kier alpha value is -4.51. The number of aromatic amines is 1. The first kappa shape index (κ1) is 24.2. The second-order valence-corrected chi connectivity index (χ2v) is 8.71. The molecule has 4 aromatic heterocycles. The fourth-order valence-electron chi connectivity index (χ4n) is 4.33. The van der Waals surface area contributed by atoms with Crippen molar-refractivity contribution in [3.8, 4) is 17.0 Å². The molecule has 1 aromatic carbocycles. The minimum absolute atomic E-state index is 0.0428. The second kappa shape index (κ2) is 9.51. The maximum Gasteiger partial charge on any atom is 0.353 e. The number of benzene rings is 1. The van der Waals surface area contributed by atoms with Gasteiger partial charge in [0, 0.05) is 29.9 Å². The SMILES string of the molecule is CN(C)CCOc1cc(Cn2c(C(=O)O)c(-c3ccc[nH]c3=O)c3c4occc4c(F)cc32)c(F)cn1. The van der Waals surface area contributed by atoms with E-state index in [0.29, 0.717) is 13.2 Å². The van der Waals surface area contributed by atoms with Gasteiger partial charge in [0.05, 0.1) is 40.9 Å². The van der Waals surface area contributed by atoms with Gasteiger partial charge in [-0.25, -0.2) is 18.6 Å². The minimum atomic E-state index is -1.38. The number of likely N-dealkylation sites (N-methyl/N-ethyl adjacent to an activating group) is 1. The number of hydrogen-bond donors (Lipinski definition) is 2. The summed E-state index contributed by atoms with van der Waals surface area (Å²) in [5, 5.41) is 10.6. The zero-order valence-corrected chi connectivity index (χ0v) is 19.9. The molecule has 4 heterocycles. The second-order valence-electron chi connectivity index (χ2n) is 8.71. The Bertz CT molecular complexity index is 1700. The number of hydrogen-bond acceptors (Lipinski definition) is 6. The van der Waals surface area contributed by atoms with Crippen LogP contribution < -0.4 is 10.3 Å². The molecule has 0 spiro atoms. The molecule has 190 valence electrons. The minimum Gasteiger partial charge on any atom is -0.477 e. The topological polar surface area (TPSA) is 114 Å². The third-order valence-electron chi connectivity index (χ3n) is 6.03. The van der Waals surface area contributed by atoms with Crippen LogP contribution in [0.3, 0.4) is 0 Å². The largest absolute Gasteiger partial charge is 0.477 e. The smallest absolute Gasteiger partial charge is 0.353 e. The van der Waals surface area contributed by atoms with Crippen molar-refractivity contribution in [2.75, 3.05) is 27.2 Å². The van der Waals surface area contributed by atoms with Crippen LogP contribution in [0.15, 0.2) is 58.2 Å². The maximum absolute atomic E-state index is 15.0. The normalized spacial score (nSPS) is 11.6. The number of H-pyrrole nitrogens is 1. The van der Waals surface area contributed by atoms with Gasteiger partial charge in [0.25, 0.3) is 5.56 Å². The molecular weight excluding hydrogens is 486 g/mol. The predicted molar refractivity (Wildman–Crippen MR) is 132 cm³/mol. The molecule has 0 aliphatic carbocycles. The van der Waals surface area contributed by atoms with E-state index < -0.39 is 23.2 Å². The van der Waals surface area contributed by atoms with Gasteiger partial charge in [-0.3, -0.25) is 4.79 Å². The summed E-state index contributed by atoms with van der Waals surface area (Å²) < 4.78 is 42.3. The number of halogens is 2. The highest BCUT2D eigenvalue weighted by atomic mass is 19.1. The van der Waals surface area contributed by atoms with Crippen LogP contribution in [-0.2, 0) is 6.54 Å². The number of rotatable bonds is 8. The predicted octanol–water partition coefficient (Wildman–Crippen LogP) is 4.10. The molecular formula is C26H22F2N4O5. The Labute approximate surface area is 208 Å². The third kappa shape index (κ3) is 4.33. The van der Waals surface area contributed by atoms with E-state index in [-0.39, 0.29) is 56.7 Å². The Morgan fingerprint density at radius 3 is 2.78 bits per heavy atom. The molecule has 9 nitrogen and oxygen atoms in total. The summed E-state index contributed by atoms with van der Waals surface area (Å²) in [6, 6.07) is 6.97. The highest BCUT2D eigenvalue weighted by molar-refractivity contribution is 6.17. The molecule has 0 bridgehead atoms. The number of aromatic nitrogens is 3. The fourth-order valence-corrected chi connectivity index (χ4v) is 4.33. The van der Waals surface area contributed by atoms with Crippen LogP contribution in [0.2, 0.25) is 0 Å². The third-order valence-corrected chi connectivity index (χ3v) is 6.03. The average molecular weight is 508 g/mol. The van der Waals surface area contributed by atoms with E-state index in [1.807, 2.05) is 19.0 Å². The highest BCUT2D eigenvalue weighted by Crippen LogP contribution is 2.40. The number of nitrogens with zero attached hydrogens (tertiary/aromatic N) is 3. The standard InChI is InChI=1S/C26H22F2N4O5/c1-31(2)7-9-36-20-10-14(18(28)12-30-20)13-32-19-11-17(27)15-5-8-37-24(15)22(19)21(23(32)26(34)35)16-4-3-6-29-25(16)33/h3-6,8,10-12H,7,9,13H2,1-2H3,(H,29,33)(H,34,35). The van der Waals surface area contributed by atoms with Gasteiger partial charge in [-0.2, -0.15) is 0 Å². The molecule has 0 aliphatic heterocycles. The Kier molecular flexibility index (Phi) is 6.22. The zero-order valence-electron chi connectivity index (χ0n) is 19.9. The maximum atomic E-state index is 15.0. The fraction of sp³-hybridized carbons (Fsp3) is 0.192. The Morgan fingerprint density at radius 2 is 2.05 bits per heavy atom. The number of ether oxygens (including phenoxy) is 1. The van der Waals surface area contributed by atoms with E-state index in [1.54, 1.807) is 6.07 Å². The summed E-state index contributed by atoms with van der Waals surface area (Å²) in [5.41, 5.74) is -0.486. The lowest BCUT2D eigenvalue weighted by Gasteiger charge is -2.13. The van der Waals surface area contributed by atoms with Gasteiger partial charge in [-0.05, 0) is 38.4 Å². The van der Waals surface area contributed by atoms with Gasteiger partial charge < -0.3 is 28.7 Å². The van der Waals surface area contributed by atoms with Crippen molar-refractivity contribution >= 4 is 27.8 Å². The zero-order chi connectivity index (χ0) is 26.3. The molecule has 5 aromatic rings. The Balaban J connectivity index is 1.76. The lowest BCUT2D eigenvalue weighted by atomic mass is 10.0. The summed E-state index contributed by atoms with van der Waals surface area (Å²) in [7, 11) is 3.75. The summed E-state index contributed by atoms with van der Waals surface area (Å²) in [6.45, 7) is 0.612. The van der Waals surface area contributed by atoms with Gasteiger partial charge in [0.2, 0.25) is 5.88 Å². The number of nitrogens with one attached hydrogen (secondary N) is 1. The van der Waals surface area contributed by atoms with Gasteiger partial charge in [-0.1, -0.05) is 0 Å². The first-order valence-corrected chi connectivity index (χ1v) is 11.3. The van der Waals surface area contributed by atoms with E-state index in [1.165, 1.54) is 35.2 Å². The molecule has 0 atom stereocenters. The van der Waals surface area contributed by atoms with Crippen LogP contribution in [0.1, 0.15) is 16.1 Å². The van der Waals surface area contributed by atoms with Crippen molar-refractivity contribution in [2.24, 2.45) is 0 Å². The van der Waals surface area contributed by atoms with Crippen LogP contribution in [0, 0.1) is 11.6 Å². The lowest BCUT2D eigenvalue weighted by molar-refractivity contribution is 0.0687. The van der Waals surface area contributed by atoms with Crippen LogP contribution in [0.25, 0.3) is 33.0 Å². The molecule has 0 aliphatic rings. The van der Waals surface area contributed by atoms with Crippen molar-refractivity contribution in [1.82, 2.24) is 19.4 Å². The number of carboxylic acids is 1. The van der Waals surface area contributed by atoms with Crippen molar-refractivity contribution < 1.29 is 27.8 Å². The van der Waals surface area contributed by atoms with E-state index in [4.69, 9.17) is 9.15 Å². The molecule has 0 radical (unpaired) electrons. The molecule has 11 heteroatoms. The van der Waals surface area contributed by atoms with Crippen molar-refractivity contribution in [1.29, 1.82) is 0 Å². The van der Waals surface area contributed by atoms with Crippen LogP contribution >= 0.6 is 0 Å². The number of furan rings is 1. The molecule has 5 rings (SSSR count). The molecule has 0 amide bonds. The number of carboxylic acid groups (broad SMARTS) is 1. The summed E-state index contributed by atoms with van der Waals surface area (Å²) in [5.74, 6) is -2.57. The first-order chi connectivity index (χ1) is 17.8. The molecule has 2 N–H and O–H groups in total. The number of fused-ring (bicyclic) bond motifs is 3. The summed E-state index contributed by atoms with van der Waals surface area (Å²) >= 11 is 0. The monoisotopic (exact) mass is 508 g/mol. The number of pyridine rings is 2. The van der Waals surface area contributed by atoms with Crippen LogP contribution in [-0.4, -0.2) is 57.8 Å². The molecule has 0 saturated carbocycles. The first-order valence-electron chi connectivity index (χ1n) is 11.3. The van der Waals surface area contributed by atoms with E-state index in [2.05, 4.69) is 9.97 Å². The number of carbonyl (C=O) groups is 1. The van der Waals surface area contributed by atoms with Crippen molar-refractivity contribution in [2.45, 2.75) is 6.54 Å². The lowest BCUT2D eigenvalue weighted by Crippen LogP contribution is -2.20. The van der Waals surface area contributed by atoms with Crippen LogP contribution in [0.4, 0.5) is 8.78 Å². The van der Waals surface area contributed by atoms with Gasteiger partial charge in [0.15, 0.2) is 0 Å². The number of aromatic carboxylic acids is 1. The quantitative estimate of drug-likeness (QED) is 0.324. The molecule has 0 saturated heterocycles. The van der Waals surface area contributed by atoms with E-state index in [9.17, 15) is 19.1 Å². The summed E-state index contributed by atoms with van der Waals surface area (Å²) in [6.07, 6.45) is 3.68. The van der Waals surface area contributed by atoms with Gasteiger partial charge >= 0.3 is 5.97 Å². The highest BCUT2D eigenvalue weighted by Gasteiger charge is 2.29.